The Morgan fingerprint density at radius 2 is 1.08 bits per heavy atom. The van der Waals surface area contributed by atoms with Gasteiger partial charge in [0.15, 0.2) is 0 Å². The predicted molar refractivity (Wildman–Crippen MR) is 103 cm³/mol. The molecule has 0 unspecified atom stereocenters. The standard InChI is InChI=1S/C23H15N3/c1-3-7-17-15(5-1)19-13-24-11-9-21(19)26-22-10-12-25-14-20(22)16-6-2-4-8-18(16)23(17)26/h1-14,23H. The van der Waals surface area contributed by atoms with Gasteiger partial charge in [0.25, 0.3) is 0 Å². The molecule has 0 atom stereocenters. The number of pyridine rings is 2. The first-order chi connectivity index (χ1) is 12.9. The van der Waals surface area contributed by atoms with Gasteiger partial charge in [-0.25, -0.2) is 0 Å². The highest BCUT2D eigenvalue weighted by molar-refractivity contribution is 5.96. The van der Waals surface area contributed by atoms with Crippen LogP contribution in [0.2, 0.25) is 0 Å². The Morgan fingerprint density at radius 1 is 0.577 bits per heavy atom. The summed E-state index contributed by atoms with van der Waals surface area (Å²) in [7, 11) is 0. The molecule has 2 aromatic carbocycles. The molecule has 4 heterocycles. The number of nitrogens with zero attached hydrogens (tertiary/aromatic N) is 3. The second-order valence-corrected chi connectivity index (χ2v) is 6.73. The second-order valence-electron chi connectivity index (χ2n) is 6.73. The van der Waals surface area contributed by atoms with Gasteiger partial charge in [-0.2, -0.15) is 0 Å². The van der Waals surface area contributed by atoms with Crippen molar-refractivity contribution >= 4 is 11.4 Å². The van der Waals surface area contributed by atoms with E-state index in [9.17, 15) is 0 Å². The molecule has 2 aliphatic heterocycles. The lowest BCUT2D eigenvalue weighted by Gasteiger charge is -2.44. The summed E-state index contributed by atoms with van der Waals surface area (Å²) >= 11 is 0. The molecule has 0 bridgehead atoms. The van der Waals surface area contributed by atoms with Crippen LogP contribution < -0.4 is 4.90 Å². The lowest BCUT2D eigenvalue weighted by atomic mass is 9.79. The van der Waals surface area contributed by atoms with E-state index < -0.39 is 0 Å². The number of rotatable bonds is 0. The number of hydrogen-bond donors (Lipinski definition) is 0. The van der Waals surface area contributed by atoms with Crippen LogP contribution in [-0.4, -0.2) is 9.97 Å². The third-order valence-electron chi connectivity index (χ3n) is 5.46. The minimum absolute atomic E-state index is 0.159. The molecule has 3 heteroatoms. The Hall–Kier alpha value is -3.46. The fraction of sp³-hybridized carbons (Fsp3) is 0.0435. The highest BCUT2D eigenvalue weighted by Gasteiger charge is 2.38. The van der Waals surface area contributed by atoms with Crippen molar-refractivity contribution in [3.8, 4) is 22.3 Å². The van der Waals surface area contributed by atoms with E-state index in [2.05, 4.69) is 75.5 Å². The van der Waals surface area contributed by atoms with Crippen molar-refractivity contribution in [2.75, 3.05) is 4.90 Å². The smallest absolute Gasteiger partial charge is 0.0857 e. The third kappa shape index (κ3) is 1.67. The molecule has 6 rings (SSSR count). The molecule has 3 nitrogen and oxygen atoms in total. The molecule has 0 amide bonds. The van der Waals surface area contributed by atoms with Crippen molar-refractivity contribution in [2.24, 2.45) is 0 Å². The number of aromatic nitrogens is 2. The molecule has 0 saturated carbocycles. The fourth-order valence-electron chi connectivity index (χ4n) is 4.42. The zero-order chi connectivity index (χ0) is 17.1. The molecule has 4 aromatic rings. The Morgan fingerprint density at radius 3 is 1.62 bits per heavy atom. The van der Waals surface area contributed by atoms with Crippen LogP contribution in [0.3, 0.4) is 0 Å². The molecule has 0 N–H and O–H groups in total. The second kappa shape index (κ2) is 5.02. The Labute approximate surface area is 151 Å². The number of benzene rings is 2. The Balaban J connectivity index is 1.77. The molecular weight excluding hydrogens is 318 g/mol. The largest absolute Gasteiger partial charge is 0.328 e. The van der Waals surface area contributed by atoms with Crippen LogP contribution in [0.25, 0.3) is 22.3 Å². The van der Waals surface area contributed by atoms with E-state index in [1.54, 1.807) is 0 Å². The van der Waals surface area contributed by atoms with Crippen LogP contribution in [0.15, 0.2) is 85.5 Å². The summed E-state index contributed by atoms with van der Waals surface area (Å²) in [5.74, 6) is 0. The predicted octanol–water partition coefficient (Wildman–Crippen LogP) is 5.37. The minimum Gasteiger partial charge on any atom is -0.328 e. The van der Waals surface area contributed by atoms with Crippen molar-refractivity contribution in [1.29, 1.82) is 0 Å². The van der Waals surface area contributed by atoms with E-state index >= 15 is 0 Å². The molecule has 0 fully saturated rings. The van der Waals surface area contributed by atoms with Crippen LogP contribution in [-0.2, 0) is 0 Å². The van der Waals surface area contributed by atoms with Gasteiger partial charge in [0, 0.05) is 35.9 Å². The summed E-state index contributed by atoms with van der Waals surface area (Å²) in [6, 6.07) is 21.8. The average molecular weight is 333 g/mol. The minimum atomic E-state index is 0.159. The topological polar surface area (TPSA) is 29.0 Å². The van der Waals surface area contributed by atoms with E-state index in [0.29, 0.717) is 0 Å². The molecule has 0 radical (unpaired) electrons. The van der Waals surface area contributed by atoms with Crippen LogP contribution in [0, 0.1) is 0 Å². The van der Waals surface area contributed by atoms with Crippen molar-refractivity contribution in [3.05, 3.63) is 96.6 Å². The molecule has 2 aliphatic rings. The van der Waals surface area contributed by atoms with Crippen molar-refractivity contribution in [3.63, 3.8) is 0 Å². The van der Waals surface area contributed by atoms with Crippen LogP contribution in [0.1, 0.15) is 17.2 Å². The van der Waals surface area contributed by atoms with E-state index in [0.717, 1.165) is 0 Å². The maximum atomic E-state index is 4.40. The van der Waals surface area contributed by atoms with Crippen LogP contribution in [0.4, 0.5) is 11.4 Å². The zero-order valence-corrected chi connectivity index (χ0v) is 14.0. The number of anilines is 2. The first kappa shape index (κ1) is 13.8. The summed E-state index contributed by atoms with van der Waals surface area (Å²) in [5.41, 5.74) is 9.94. The number of hydrogen-bond acceptors (Lipinski definition) is 3. The van der Waals surface area contributed by atoms with E-state index in [1.807, 2.05) is 24.8 Å². The molecule has 0 saturated heterocycles. The van der Waals surface area contributed by atoms with Crippen molar-refractivity contribution < 1.29 is 0 Å². The SMILES string of the molecule is c1ccc2c(c1)-c1cnccc1N1c3ccncc3-c3ccccc3C21. The zero-order valence-electron chi connectivity index (χ0n) is 14.0. The summed E-state index contributed by atoms with van der Waals surface area (Å²) in [6.45, 7) is 0. The van der Waals surface area contributed by atoms with Gasteiger partial charge in [-0.3, -0.25) is 9.97 Å². The van der Waals surface area contributed by atoms with Crippen molar-refractivity contribution in [2.45, 2.75) is 6.04 Å². The molecule has 26 heavy (non-hydrogen) atoms. The highest BCUT2D eigenvalue weighted by atomic mass is 15.2. The fourth-order valence-corrected chi connectivity index (χ4v) is 4.42. The van der Waals surface area contributed by atoms with Crippen molar-refractivity contribution in [1.82, 2.24) is 9.97 Å². The summed E-state index contributed by atoms with van der Waals surface area (Å²) < 4.78 is 0. The van der Waals surface area contributed by atoms with Gasteiger partial charge in [0.1, 0.15) is 0 Å². The van der Waals surface area contributed by atoms with Crippen LogP contribution in [0.5, 0.6) is 0 Å². The van der Waals surface area contributed by atoms with E-state index in [1.165, 1.54) is 44.8 Å². The highest BCUT2D eigenvalue weighted by Crippen LogP contribution is 2.56. The lowest BCUT2D eigenvalue weighted by molar-refractivity contribution is 0.800. The maximum absolute atomic E-state index is 4.40. The normalized spacial score (nSPS) is 13.9. The first-order valence-corrected chi connectivity index (χ1v) is 8.79. The van der Waals surface area contributed by atoms with Gasteiger partial charge in [0.05, 0.1) is 17.4 Å². The molecule has 0 aliphatic carbocycles. The van der Waals surface area contributed by atoms with E-state index in [-0.39, 0.29) is 6.04 Å². The van der Waals surface area contributed by atoms with E-state index in [4.69, 9.17) is 0 Å². The van der Waals surface area contributed by atoms with Gasteiger partial charge in [-0.15, -0.1) is 0 Å². The Kier molecular flexibility index (Phi) is 2.66. The first-order valence-electron chi connectivity index (χ1n) is 8.79. The molecule has 122 valence electrons. The van der Waals surface area contributed by atoms with Gasteiger partial charge in [-0.1, -0.05) is 48.5 Å². The lowest BCUT2D eigenvalue weighted by Crippen LogP contribution is -2.32. The van der Waals surface area contributed by atoms with Gasteiger partial charge >= 0.3 is 0 Å². The van der Waals surface area contributed by atoms with Gasteiger partial charge in [0.2, 0.25) is 0 Å². The summed E-state index contributed by atoms with van der Waals surface area (Å²) in [4.78, 5) is 11.2. The Bertz CT molecular complexity index is 981. The monoisotopic (exact) mass is 333 g/mol. The van der Waals surface area contributed by atoms with Crippen LogP contribution >= 0.6 is 0 Å². The summed E-state index contributed by atoms with van der Waals surface area (Å²) in [5, 5.41) is 0. The molecule has 0 spiro atoms. The summed E-state index contributed by atoms with van der Waals surface area (Å²) in [6.07, 6.45) is 7.72. The van der Waals surface area contributed by atoms with Gasteiger partial charge in [-0.05, 0) is 34.4 Å². The molecule has 2 aromatic heterocycles. The number of fused-ring (bicyclic) bond motifs is 11. The third-order valence-corrected chi connectivity index (χ3v) is 5.46. The quantitative estimate of drug-likeness (QED) is 0.433. The maximum Gasteiger partial charge on any atom is 0.0857 e. The van der Waals surface area contributed by atoms with Gasteiger partial charge < -0.3 is 4.90 Å². The average Bonchev–Trinajstić information content (AvgIpc) is 2.73. The molecular formula is C23H15N3.